The lowest BCUT2D eigenvalue weighted by atomic mass is 9.93. The lowest BCUT2D eigenvalue weighted by molar-refractivity contribution is 0.486. The Balaban J connectivity index is 2.25. The minimum absolute atomic E-state index is 0.385. The van der Waals surface area contributed by atoms with Crippen molar-refractivity contribution >= 4 is 11.3 Å². The number of thiophene rings is 1. The summed E-state index contributed by atoms with van der Waals surface area (Å²) >= 11 is 1.88. The van der Waals surface area contributed by atoms with Gasteiger partial charge in [0, 0.05) is 34.1 Å². The van der Waals surface area contributed by atoms with Crippen LogP contribution >= 0.6 is 11.3 Å². The number of pyridine rings is 1. The first-order valence-electron chi connectivity index (χ1n) is 6.42. The van der Waals surface area contributed by atoms with Gasteiger partial charge in [-0.05, 0) is 43.3 Å². The molecular weight excluding hydrogens is 240 g/mol. The second kappa shape index (κ2) is 6.12. The molecule has 2 nitrogen and oxygen atoms in total. The van der Waals surface area contributed by atoms with E-state index in [1.165, 1.54) is 15.3 Å². The monoisotopic (exact) mass is 260 g/mol. The van der Waals surface area contributed by atoms with E-state index in [0.29, 0.717) is 12.0 Å². The normalized spacial score (nSPS) is 14.4. The first-order valence-corrected chi connectivity index (χ1v) is 7.23. The molecule has 1 N–H and O–H groups in total. The number of aromatic nitrogens is 1. The van der Waals surface area contributed by atoms with E-state index in [-0.39, 0.29) is 0 Å². The van der Waals surface area contributed by atoms with Gasteiger partial charge in [-0.3, -0.25) is 4.98 Å². The van der Waals surface area contributed by atoms with Crippen LogP contribution in [0.3, 0.4) is 0 Å². The minimum atomic E-state index is 0.385. The summed E-state index contributed by atoms with van der Waals surface area (Å²) in [4.78, 5) is 6.88. The molecule has 0 fully saturated rings. The van der Waals surface area contributed by atoms with Gasteiger partial charge in [0.25, 0.3) is 0 Å². The summed E-state index contributed by atoms with van der Waals surface area (Å²) in [6, 6.07) is 9.04. The molecule has 0 aliphatic rings. The van der Waals surface area contributed by atoms with Crippen LogP contribution in [0.15, 0.2) is 36.7 Å². The Labute approximate surface area is 113 Å². The Bertz CT molecular complexity index is 478. The molecule has 18 heavy (non-hydrogen) atoms. The van der Waals surface area contributed by atoms with Crippen molar-refractivity contribution in [2.75, 3.05) is 6.54 Å². The highest BCUT2D eigenvalue weighted by atomic mass is 32.1. The van der Waals surface area contributed by atoms with Crippen LogP contribution < -0.4 is 5.32 Å². The van der Waals surface area contributed by atoms with Gasteiger partial charge in [0.1, 0.15) is 0 Å². The number of nitrogens with zero attached hydrogens (tertiary/aromatic N) is 1. The SMILES string of the molecule is CCNC(c1ccc(C)s1)C(C)c1ccncc1. The van der Waals surface area contributed by atoms with Gasteiger partial charge in [-0.25, -0.2) is 0 Å². The van der Waals surface area contributed by atoms with Gasteiger partial charge < -0.3 is 5.32 Å². The topological polar surface area (TPSA) is 24.9 Å². The molecule has 0 spiro atoms. The number of hydrogen-bond donors (Lipinski definition) is 1. The van der Waals surface area contributed by atoms with Crippen molar-refractivity contribution in [3.63, 3.8) is 0 Å². The highest BCUT2D eigenvalue weighted by Crippen LogP contribution is 2.33. The van der Waals surface area contributed by atoms with Crippen molar-refractivity contribution in [2.45, 2.75) is 32.7 Å². The number of rotatable bonds is 5. The van der Waals surface area contributed by atoms with E-state index in [2.05, 4.69) is 55.3 Å². The Kier molecular flexibility index (Phi) is 4.50. The molecule has 0 bridgehead atoms. The van der Waals surface area contributed by atoms with Crippen LogP contribution in [0.1, 0.15) is 41.1 Å². The van der Waals surface area contributed by atoms with Crippen molar-refractivity contribution in [3.05, 3.63) is 52.0 Å². The van der Waals surface area contributed by atoms with Gasteiger partial charge >= 0.3 is 0 Å². The molecular formula is C15H20N2S. The Morgan fingerprint density at radius 2 is 1.94 bits per heavy atom. The van der Waals surface area contributed by atoms with E-state index in [0.717, 1.165) is 6.54 Å². The van der Waals surface area contributed by atoms with Crippen molar-refractivity contribution in [2.24, 2.45) is 0 Å². The van der Waals surface area contributed by atoms with Crippen LogP contribution in [0.2, 0.25) is 0 Å². The largest absolute Gasteiger partial charge is 0.309 e. The van der Waals surface area contributed by atoms with Crippen LogP contribution in [0.4, 0.5) is 0 Å². The van der Waals surface area contributed by atoms with Gasteiger partial charge in [-0.1, -0.05) is 13.8 Å². The van der Waals surface area contributed by atoms with E-state index in [4.69, 9.17) is 0 Å². The second-order valence-corrected chi connectivity index (χ2v) is 5.87. The summed E-state index contributed by atoms with van der Waals surface area (Å²) in [5.74, 6) is 0.450. The maximum Gasteiger partial charge on any atom is 0.0481 e. The van der Waals surface area contributed by atoms with Gasteiger partial charge in [0.05, 0.1) is 0 Å². The molecule has 0 radical (unpaired) electrons. The van der Waals surface area contributed by atoms with Crippen molar-refractivity contribution in [3.8, 4) is 0 Å². The average molecular weight is 260 g/mol. The van der Waals surface area contributed by atoms with E-state index >= 15 is 0 Å². The molecule has 2 atom stereocenters. The van der Waals surface area contributed by atoms with Crippen molar-refractivity contribution in [1.82, 2.24) is 10.3 Å². The first kappa shape index (κ1) is 13.2. The summed E-state index contributed by atoms with van der Waals surface area (Å²) in [5.41, 5.74) is 1.34. The van der Waals surface area contributed by atoms with Crippen LogP contribution in [0.25, 0.3) is 0 Å². The molecule has 0 aliphatic heterocycles. The van der Waals surface area contributed by atoms with Crippen LogP contribution in [0, 0.1) is 6.92 Å². The lowest BCUT2D eigenvalue weighted by Crippen LogP contribution is -2.25. The molecule has 3 heteroatoms. The molecule has 2 unspecified atom stereocenters. The number of nitrogens with one attached hydrogen (secondary N) is 1. The van der Waals surface area contributed by atoms with Crippen molar-refractivity contribution < 1.29 is 0 Å². The lowest BCUT2D eigenvalue weighted by Gasteiger charge is -2.24. The maximum atomic E-state index is 4.09. The van der Waals surface area contributed by atoms with Crippen LogP contribution in [-0.4, -0.2) is 11.5 Å². The summed E-state index contributed by atoms with van der Waals surface area (Å²) in [7, 11) is 0. The summed E-state index contributed by atoms with van der Waals surface area (Å²) in [5, 5.41) is 3.60. The predicted octanol–water partition coefficient (Wildman–Crippen LogP) is 3.91. The molecule has 2 heterocycles. The molecule has 0 amide bonds. The van der Waals surface area contributed by atoms with Gasteiger partial charge in [-0.15, -0.1) is 11.3 Å². The molecule has 0 aromatic carbocycles. The average Bonchev–Trinajstić information content (AvgIpc) is 2.82. The van der Waals surface area contributed by atoms with E-state index < -0.39 is 0 Å². The first-order chi connectivity index (χ1) is 8.72. The molecule has 0 aliphatic carbocycles. The fraction of sp³-hybridized carbons (Fsp3) is 0.400. The third-order valence-corrected chi connectivity index (χ3v) is 4.31. The van der Waals surface area contributed by atoms with Gasteiger partial charge in [-0.2, -0.15) is 0 Å². The Hall–Kier alpha value is -1.19. The molecule has 96 valence electrons. The maximum absolute atomic E-state index is 4.09. The standard InChI is InChI=1S/C15H20N2S/c1-4-17-15(14-6-5-11(2)18-14)12(3)13-7-9-16-10-8-13/h5-10,12,15,17H,4H2,1-3H3. The highest BCUT2D eigenvalue weighted by Gasteiger charge is 2.21. The fourth-order valence-corrected chi connectivity index (χ4v) is 3.28. The zero-order valence-electron chi connectivity index (χ0n) is 11.2. The molecule has 0 saturated carbocycles. The fourth-order valence-electron chi connectivity index (χ4n) is 2.22. The van der Waals surface area contributed by atoms with Gasteiger partial charge in [0.2, 0.25) is 0 Å². The minimum Gasteiger partial charge on any atom is -0.309 e. The summed E-state index contributed by atoms with van der Waals surface area (Å²) < 4.78 is 0. The number of likely N-dealkylation sites (N-methyl/N-ethyl adjacent to an activating group) is 1. The Morgan fingerprint density at radius 3 is 2.50 bits per heavy atom. The zero-order valence-corrected chi connectivity index (χ0v) is 12.0. The quantitative estimate of drug-likeness (QED) is 0.881. The Morgan fingerprint density at radius 1 is 1.22 bits per heavy atom. The van der Waals surface area contributed by atoms with Crippen LogP contribution in [-0.2, 0) is 0 Å². The third kappa shape index (κ3) is 2.98. The molecule has 2 aromatic rings. The number of hydrogen-bond acceptors (Lipinski definition) is 3. The predicted molar refractivity (Wildman–Crippen MR) is 78.1 cm³/mol. The van der Waals surface area contributed by atoms with Crippen LogP contribution in [0.5, 0.6) is 0 Å². The van der Waals surface area contributed by atoms with E-state index in [1.807, 2.05) is 23.7 Å². The van der Waals surface area contributed by atoms with E-state index in [1.54, 1.807) is 0 Å². The molecule has 2 aromatic heterocycles. The zero-order chi connectivity index (χ0) is 13.0. The third-order valence-electron chi connectivity index (χ3n) is 3.22. The molecule has 2 rings (SSSR count). The smallest absolute Gasteiger partial charge is 0.0481 e. The van der Waals surface area contributed by atoms with Crippen molar-refractivity contribution in [1.29, 1.82) is 0 Å². The van der Waals surface area contributed by atoms with E-state index in [9.17, 15) is 0 Å². The summed E-state index contributed by atoms with van der Waals surface area (Å²) in [6.45, 7) is 7.58. The van der Waals surface area contributed by atoms with Gasteiger partial charge in [0.15, 0.2) is 0 Å². The second-order valence-electron chi connectivity index (χ2n) is 4.55. The number of aryl methyl sites for hydroxylation is 1. The molecule has 0 saturated heterocycles. The summed E-state index contributed by atoms with van der Waals surface area (Å²) in [6.07, 6.45) is 3.74. The highest BCUT2D eigenvalue weighted by molar-refractivity contribution is 7.12.